The van der Waals surface area contributed by atoms with Gasteiger partial charge in [-0.25, -0.2) is 5.43 Å². The van der Waals surface area contributed by atoms with Gasteiger partial charge in [-0.2, -0.15) is 5.10 Å². The van der Waals surface area contributed by atoms with Gasteiger partial charge in [0.15, 0.2) is 0 Å². The Morgan fingerprint density at radius 1 is 1.13 bits per heavy atom. The van der Waals surface area contributed by atoms with Crippen LogP contribution in [0, 0.1) is 10.1 Å². The van der Waals surface area contributed by atoms with E-state index in [1.807, 2.05) is 0 Å². The summed E-state index contributed by atoms with van der Waals surface area (Å²) in [6.45, 7) is 2.84. The molecule has 0 unspecified atom stereocenters. The first-order valence-electron chi connectivity index (χ1n) is 10.5. The second-order valence-electron chi connectivity index (χ2n) is 7.17. The van der Waals surface area contributed by atoms with Crippen LogP contribution in [0.5, 0.6) is 5.75 Å². The van der Waals surface area contributed by atoms with E-state index in [0.717, 1.165) is 12.8 Å². The largest absolute Gasteiger partial charge is 0.492 e. The third kappa shape index (κ3) is 8.76. The highest BCUT2D eigenvalue weighted by atomic mass is 35.5. The van der Waals surface area contributed by atoms with Gasteiger partial charge in [-0.1, -0.05) is 63.1 Å². The van der Waals surface area contributed by atoms with E-state index in [2.05, 4.69) is 17.5 Å². The molecule has 0 radical (unpaired) electrons. The highest BCUT2D eigenvalue weighted by Crippen LogP contribution is 2.25. The summed E-state index contributed by atoms with van der Waals surface area (Å²) in [6.07, 6.45) is 9.96. The third-order valence-electron chi connectivity index (χ3n) is 4.66. The molecule has 0 aliphatic rings. The van der Waals surface area contributed by atoms with E-state index in [1.54, 1.807) is 18.2 Å². The van der Waals surface area contributed by atoms with Crippen molar-refractivity contribution in [2.75, 3.05) is 6.61 Å². The minimum atomic E-state index is -0.556. The van der Waals surface area contributed by atoms with Gasteiger partial charge in [0.2, 0.25) is 0 Å². The SMILES string of the molecule is CCCCCCCCCOc1ccc(/C=N/NC(=O)c2cccc([N+](=O)[O-])c2)cc1Cl. The molecule has 7 nitrogen and oxygen atoms in total. The van der Waals surface area contributed by atoms with Gasteiger partial charge in [-0.15, -0.1) is 0 Å². The first-order valence-corrected chi connectivity index (χ1v) is 10.9. The Morgan fingerprint density at radius 2 is 1.87 bits per heavy atom. The van der Waals surface area contributed by atoms with Crippen LogP contribution in [0.15, 0.2) is 47.6 Å². The van der Waals surface area contributed by atoms with Crippen LogP contribution in [0.25, 0.3) is 0 Å². The molecule has 8 heteroatoms. The number of nitro benzene ring substituents is 1. The van der Waals surface area contributed by atoms with Crippen molar-refractivity contribution in [2.45, 2.75) is 51.9 Å². The number of nitrogens with zero attached hydrogens (tertiary/aromatic N) is 2. The van der Waals surface area contributed by atoms with Gasteiger partial charge in [-0.05, 0) is 36.2 Å². The van der Waals surface area contributed by atoms with Crippen LogP contribution in [-0.4, -0.2) is 23.7 Å². The Labute approximate surface area is 187 Å². The van der Waals surface area contributed by atoms with Crippen molar-refractivity contribution in [3.05, 3.63) is 68.7 Å². The van der Waals surface area contributed by atoms with Crippen molar-refractivity contribution in [3.63, 3.8) is 0 Å². The molecule has 0 spiro atoms. The Balaban J connectivity index is 1.78. The molecule has 0 aliphatic carbocycles. The zero-order chi connectivity index (χ0) is 22.5. The Morgan fingerprint density at radius 3 is 2.58 bits per heavy atom. The molecular formula is C23H28ClN3O4. The van der Waals surface area contributed by atoms with Crippen molar-refractivity contribution >= 4 is 29.4 Å². The molecule has 2 aromatic carbocycles. The molecule has 0 aliphatic heterocycles. The maximum Gasteiger partial charge on any atom is 0.271 e. The number of halogens is 1. The Kier molecular flexibility index (Phi) is 10.5. The molecule has 31 heavy (non-hydrogen) atoms. The fourth-order valence-corrected chi connectivity index (χ4v) is 3.19. The number of ether oxygens (including phenoxy) is 1. The summed E-state index contributed by atoms with van der Waals surface area (Å²) in [6, 6.07) is 10.7. The van der Waals surface area contributed by atoms with Crippen LogP contribution in [-0.2, 0) is 0 Å². The van der Waals surface area contributed by atoms with Gasteiger partial charge in [0.25, 0.3) is 11.6 Å². The number of carbonyl (C=O) groups excluding carboxylic acids is 1. The standard InChI is InChI=1S/C23H28ClN3O4/c1-2-3-4-5-6-7-8-14-31-22-13-12-18(15-21(22)24)17-25-26-23(28)19-10-9-11-20(16-19)27(29)30/h9-13,15-17H,2-8,14H2,1H3,(H,26,28)/b25-17+. The molecule has 0 aromatic heterocycles. The maximum absolute atomic E-state index is 12.1. The zero-order valence-corrected chi connectivity index (χ0v) is 18.4. The van der Waals surface area contributed by atoms with Crippen molar-refractivity contribution < 1.29 is 14.5 Å². The number of hydrazone groups is 1. The molecule has 2 rings (SSSR count). The minimum absolute atomic E-state index is 0.151. The second kappa shape index (κ2) is 13.4. The average molecular weight is 446 g/mol. The predicted octanol–water partition coefficient (Wildman–Crippen LogP) is 6.14. The van der Waals surface area contributed by atoms with E-state index >= 15 is 0 Å². The molecule has 0 atom stereocenters. The number of unbranched alkanes of at least 4 members (excludes halogenated alkanes) is 6. The third-order valence-corrected chi connectivity index (χ3v) is 4.96. The molecular weight excluding hydrogens is 418 g/mol. The van der Waals surface area contributed by atoms with E-state index in [9.17, 15) is 14.9 Å². The average Bonchev–Trinajstić information content (AvgIpc) is 2.76. The number of amides is 1. The van der Waals surface area contributed by atoms with Crippen LogP contribution < -0.4 is 10.2 Å². The van der Waals surface area contributed by atoms with Crippen LogP contribution >= 0.6 is 11.6 Å². The van der Waals surface area contributed by atoms with Gasteiger partial charge in [-0.3, -0.25) is 14.9 Å². The van der Waals surface area contributed by atoms with E-state index < -0.39 is 10.8 Å². The summed E-state index contributed by atoms with van der Waals surface area (Å²) < 4.78 is 5.75. The van der Waals surface area contributed by atoms with Crippen molar-refractivity contribution in [1.82, 2.24) is 5.43 Å². The highest BCUT2D eigenvalue weighted by molar-refractivity contribution is 6.32. The van der Waals surface area contributed by atoms with Gasteiger partial charge < -0.3 is 4.74 Å². The first kappa shape index (κ1) is 24.3. The fraction of sp³-hybridized carbons (Fsp3) is 0.391. The van der Waals surface area contributed by atoms with Gasteiger partial charge >= 0.3 is 0 Å². The minimum Gasteiger partial charge on any atom is -0.492 e. The van der Waals surface area contributed by atoms with E-state index in [0.29, 0.717) is 22.9 Å². The molecule has 2 aromatic rings. The molecule has 1 amide bonds. The monoisotopic (exact) mass is 445 g/mol. The summed E-state index contributed by atoms with van der Waals surface area (Å²) >= 11 is 6.27. The molecule has 1 N–H and O–H groups in total. The van der Waals surface area contributed by atoms with Gasteiger partial charge in [0.05, 0.1) is 22.8 Å². The van der Waals surface area contributed by atoms with E-state index in [4.69, 9.17) is 16.3 Å². The number of carbonyl (C=O) groups is 1. The van der Waals surface area contributed by atoms with Crippen LogP contribution in [0.2, 0.25) is 5.02 Å². The molecule has 0 heterocycles. The summed E-state index contributed by atoms with van der Waals surface area (Å²) in [7, 11) is 0. The second-order valence-corrected chi connectivity index (χ2v) is 7.57. The number of benzene rings is 2. The lowest BCUT2D eigenvalue weighted by Crippen LogP contribution is -2.17. The summed E-state index contributed by atoms with van der Waals surface area (Å²) in [4.78, 5) is 22.3. The number of nitrogens with one attached hydrogen (secondary N) is 1. The van der Waals surface area contributed by atoms with Crippen molar-refractivity contribution in [3.8, 4) is 5.75 Å². The zero-order valence-electron chi connectivity index (χ0n) is 17.7. The summed E-state index contributed by atoms with van der Waals surface area (Å²) in [5.74, 6) is 0.0751. The molecule has 0 fully saturated rings. The van der Waals surface area contributed by atoms with Crippen molar-refractivity contribution in [1.29, 1.82) is 0 Å². The summed E-state index contributed by atoms with van der Waals surface area (Å²) in [5.41, 5.74) is 3.03. The molecule has 166 valence electrons. The number of rotatable bonds is 13. The number of nitro groups is 1. The Hall–Kier alpha value is -2.93. The summed E-state index contributed by atoms with van der Waals surface area (Å²) in [5, 5.41) is 15.2. The topological polar surface area (TPSA) is 93.8 Å². The maximum atomic E-state index is 12.1. The van der Waals surface area contributed by atoms with Crippen molar-refractivity contribution in [2.24, 2.45) is 5.10 Å². The fourth-order valence-electron chi connectivity index (χ4n) is 2.95. The Bertz CT molecular complexity index is 902. The van der Waals surface area contributed by atoms with Crippen LogP contribution in [0.4, 0.5) is 5.69 Å². The van der Waals surface area contributed by atoms with Crippen LogP contribution in [0.3, 0.4) is 0 Å². The van der Waals surface area contributed by atoms with Gasteiger partial charge in [0.1, 0.15) is 5.75 Å². The van der Waals surface area contributed by atoms with Gasteiger partial charge in [0, 0.05) is 17.7 Å². The highest BCUT2D eigenvalue weighted by Gasteiger charge is 2.10. The van der Waals surface area contributed by atoms with E-state index in [-0.39, 0.29) is 11.3 Å². The normalized spacial score (nSPS) is 10.9. The smallest absolute Gasteiger partial charge is 0.271 e. The lowest BCUT2D eigenvalue weighted by Gasteiger charge is -2.08. The first-order chi connectivity index (χ1) is 15.0. The molecule has 0 saturated carbocycles. The number of non-ortho nitro benzene ring substituents is 1. The molecule has 0 saturated heterocycles. The van der Waals surface area contributed by atoms with Crippen LogP contribution in [0.1, 0.15) is 67.8 Å². The number of hydrogen-bond acceptors (Lipinski definition) is 5. The van der Waals surface area contributed by atoms with E-state index in [1.165, 1.54) is 62.6 Å². The lowest BCUT2D eigenvalue weighted by atomic mass is 10.1. The predicted molar refractivity (Wildman–Crippen MR) is 123 cm³/mol. The quantitative estimate of drug-likeness (QED) is 0.173. The lowest BCUT2D eigenvalue weighted by molar-refractivity contribution is -0.384. The number of hydrogen-bond donors (Lipinski definition) is 1. The molecule has 0 bridgehead atoms.